The smallest absolute Gasteiger partial charge is 0.171 e. The van der Waals surface area contributed by atoms with Crippen molar-refractivity contribution in [1.29, 1.82) is 0 Å². The van der Waals surface area contributed by atoms with Crippen molar-refractivity contribution in [3.63, 3.8) is 0 Å². The molecular weight excluding hydrogens is 213 g/mol. The van der Waals surface area contributed by atoms with Crippen LogP contribution in [0.15, 0.2) is 24.3 Å². The minimum absolute atomic E-state index is 0.322. The minimum atomic E-state index is -3.98. The molecule has 0 N–H and O–H groups in total. The average molecular weight is 230 g/mol. The highest BCUT2D eigenvalue weighted by Gasteiger charge is 2.42. The fraction of sp³-hybridized carbons (Fsp3) is 0.692. The van der Waals surface area contributed by atoms with Gasteiger partial charge in [0.25, 0.3) is 0 Å². The fourth-order valence-corrected chi connectivity index (χ4v) is 2.82. The van der Waals surface area contributed by atoms with Crippen molar-refractivity contribution in [2.45, 2.75) is 38.3 Å². The van der Waals surface area contributed by atoms with Crippen molar-refractivity contribution in [3.8, 4) is 0 Å². The first kappa shape index (κ1) is 11.7. The predicted molar refractivity (Wildman–Crippen MR) is 57.9 cm³/mol. The maximum Gasteiger partial charge on any atom is 0.391 e. The van der Waals surface area contributed by atoms with E-state index in [1.165, 1.54) is 0 Å². The lowest BCUT2D eigenvalue weighted by molar-refractivity contribution is -0.184. The van der Waals surface area contributed by atoms with E-state index in [9.17, 15) is 13.2 Å². The van der Waals surface area contributed by atoms with Gasteiger partial charge in [-0.15, -0.1) is 0 Å². The molecule has 0 aromatic heterocycles. The molecule has 0 nitrogen and oxygen atoms in total. The Labute approximate surface area is 94.2 Å². The Bertz CT molecular complexity index is 280. The number of hydrogen-bond donors (Lipinski definition) is 0. The van der Waals surface area contributed by atoms with Gasteiger partial charge in [-0.2, -0.15) is 13.2 Å². The van der Waals surface area contributed by atoms with E-state index >= 15 is 0 Å². The molecule has 0 heterocycles. The Hall–Kier alpha value is -0.730. The average Bonchev–Trinajstić information content (AvgIpc) is 2.29. The molecule has 0 aromatic carbocycles. The van der Waals surface area contributed by atoms with Crippen LogP contribution in [0.1, 0.15) is 32.1 Å². The van der Waals surface area contributed by atoms with E-state index in [4.69, 9.17) is 0 Å². The molecule has 0 saturated heterocycles. The first-order chi connectivity index (χ1) is 7.57. The molecule has 16 heavy (non-hydrogen) atoms. The van der Waals surface area contributed by atoms with Crippen LogP contribution in [0, 0.1) is 17.8 Å². The van der Waals surface area contributed by atoms with Gasteiger partial charge in [-0.05, 0) is 43.9 Å². The van der Waals surface area contributed by atoms with E-state index < -0.39 is 12.1 Å². The molecule has 2 aliphatic rings. The Balaban J connectivity index is 1.85. The van der Waals surface area contributed by atoms with Gasteiger partial charge in [0.15, 0.2) is 0 Å². The molecule has 0 unspecified atom stereocenters. The number of allylic oxidation sites excluding steroid dienone is 4. The summed E-state index contributed by atoms with van der Waals surface area (Å²) in [6, 6.07) is 0. The van der Waals surface area contributed by atoms with Gasteiger partial charge in [-0.1, -0.05) is 24.3 Å². The van der Waals surface area contributed by atoms with Gasteiger partial charge in [0.1, 0.15) is 0 Å². The first-order valence-electron chi connectivity index (χ1n) is 5.97. The molecule has 2 aliphatic carbocycles. The number of alkyl halides is 3. The van der Waals surface area contributed by atoms with Gasteiger partial charge < -0.3 is 0 Å². The van der Waals surface area contributed by atoms with Gasteiger partial charge in [0.2, 0.25) is 0 Å². The van der Waals surface area contributed by atoms with Crippen LogP contribution in [0.5, 0.6) is 0 Å². The molecule has 0 amide bonds. The summed E-state index contributed by atoms with van der Waals surface area (Å²) in [4.78, 5) is 0. The summed E-state index contributed by atoms with van der Waals surface area (Å²) in [7, 11) is 0. The van der Waals surface area contributed by atoms with Crippen LogP contribution in [-0.2, 0) is 0 Å². The lowest BCUT2D eigenvalue weighted by Crippen LogP contribution is -2.29. The second-order valence-electron chi connectivity index (χ2n) is 4.87. The molecule has 3 heteroatoms. The van der Waals surface area contributed by atoms with Crippen LogP contribution in [0.25, 0.3) is 0 Å². The molecule has 1 atom stereocenters. The number of halogens is 3. The van der Waals surface area contributed by atoms with Crippen molar-refractivity contribution >= 4 is 0 Å². The molecule has 0 aromatic rings. The first-order valence-corrected chi connectivity index (χ1v) is 5.97. The van der Waals surface area contributed by atoms with E-state index in [1.54, 1.807) is 0 Å². The van der Waals surface area contributed by atoms with Gasteiger partial charge in [-0.25, -0.2) is 0 Å². The van der Waals surface area contributed by atoms with Gasteiger partial charge >= 0.3 is 6.18 Å². The standard InChI is InChI=1S/C13H17F3/c14-13(15,16)12-8-6-11(7-9-12)10-4-2-1-3-5-10/h1-4,10-12H,5-9H2/t10-,11?,12?/m0/s1. The van der Waals surface area contributed by atoms with Crippen molar-refractivity contribution in [2.75, 3.05) is 0 Å². The third-order valence-corrected chi connectivity index (χ3v) is 3.85. The summed E-state index contributed by atoms with van der Waals surface area (Å²) in [5, 5.41) is 0. The largest absolute Gasteiger partial charge is 0.391 e. The van der Waals surface area contributed by atoms with Gasteiger partial charge in [0, 0.05) is 0 Å². The van der Waals surface area contributed by atoms with Crippen LogP contribution in [0.2, 0.25) is 0 Å². The lowest BCUT2D eigenvalue weighted by Gasteiger charge is -2.33. The maximum atomic E-state index is 12.5. The normalized spacial score (nSPS) is 35.3. The van der Waals surface area contributed by atoms with Gasteiger partial charge in [-0.3, -0.25) is 0 Å². The summed E-state index contributed by atoms with van der Waals surface area (Å²) in [6.07, 6.45) is 7.41. The summed E-state index contributed by atoms with van der Waals surface area (Å²) in [5.41, 5.74) is 0. The maximum absolute atomic E-state index is 12.5. The quantitative estimate of drug-likeness (QED) is 0.622. The Kier molecular flexibility index (Phi) is 3.41. The van der Waals surface area contributed by atoms with E-state index in [0.29, 0.717) is 24.7 Å². The highest BCUT2D eigenvalue weighted by molar-refractivity contribution is 5.12. The van der Waals surface area contributed by atoms with Crippen LogP contribution in [0.3, 0.4) is 0 Å². The summed E-state index contributed by atoms with van der Waals surface area (Å²) < 4.78 is 37.5. The van der Waals surface area contributed by atoms with E-state index in [0.717, 1.165) is 19.3 Å². The molecule has 0 aliphatic heterocycles. The van der Waals surface area contributed by atoms with Crippen LogP contribution in [0.4, 0.5) is 13.2 Å². The second kappa shape index (κ2) is 4.64. The summed E-state index contributed by atoms with van der Waals surface area (Å²) in [5.74, 6) is -0.120. The minimum Gasteiger partial charge on any atom is -0.171 e. The number of rotatable bonds is 1. The SMILES string of the molecule is FC(F)(F)C1CCC([C@H]2C=CC=CC2)CC1. The van der Waals surface area contributed by atoms with E-state index in [1.807, 2.05) is 12.2 Å². The Morgan fingerprint density at radius 2 is 1.62 bits per heavy atom. The van der Waals surface area contributed by atoms with E-state index in [2.05, 4.69) is 12.2 Å². The van der Waals surface area contributed by atoms with Crippen molar-refractivity contribution in [3.05, 3.63) is 24.3 Å². The lowest BCUT2D eigenvalue weighted by atomic mass is 9.74. The Morgan fingerprint density at radius 3 is 2.12 bits per heavy atom. The zero-order valence-corrected chi connectivity index (χ0v) is 9.21. The monoisotopic (exact) mass is 230 g/mol. The second-order valence-corrected chi connectivity index (χ2v) is 4.87. The van der Waals surface area contributed by atoms with Crippen molar-refractivity contribution in [1.82, 2.24) is 0 Å². The molecule has 0 radical (unpaired) electrons. The summed E-state index contributed by atoms with van der Waals surface area (Å²) in [6.45, 7) is 0. The fourth-order valence-electron chi connectivity index (χ4n) is 2.82. The highest BCUT2D eigenvalue weighted by Crippen LogP contribution is 2.42. The number of hydrogen-bond acceptors (Lipinski definition) is 0. The highest BCUT2D eigenvalue weighted by atomic mass is 19.4. The van der Waals surface area contributed by atoms with Crippen LogP contribution < -0.4 is 0 Å². The summed E-state index contributed by atoms with van der Waals surface area (Å²) >= 11 is 0. The molecule has 1 fully saturated rings. The van der Waals surface area contributed by atoms with Crippen molar-refractivity contribution < 1.29 is 13.2 Å². The predicted octanol–water partition coefficient (Wildman–Crippen LogP) is 4.49. The third-order valence-electron chi connectivity index (χ3n) is 3.85. The van der Waals surface area contributed by atoms with E-state index in [-0.39, 0.29) is 0 Å². The topological polar surface area (TPSA) is 0 Å². The Morgan fingerprint density at radius 1 is 0.938 bits per heavy atom. The van der Waals surface area contributed by atoms with Crippen molar-refractivity contribution in [2.24, 2.45) is 17.8 Å². The third kappa shape index (κ3) is 2.69. The molecule has 2 rings (SSSR count). The molecule has 90 valence electrons. The zero-order valence-electron chi connectivity index (χ0n) is 9.21. The molecule has 1 saturated carbocycles. The van der Waals surface area contributed by atoms with Crippen LogP contribution in [-0.4, -0.2) is 6.18 Å². The molecule has 0 bridgehead atoms. The molecular formula is C13H17F3. The zero-order chi connectivity index (χ0) is 11.6. The molecule has 0 spiro atoms. The van der Waals surface area contributed by atoms with Gasteiger partial charge in [0.05, 0.1) is 5.92 Å². The van der Waals surface area contributed by atoms with Crippen LogP contribution >= 0.6 is 0 Å².